The smallest absolute Gasteiger partial charge is 0.258 e. The van der Waals surface area contributed by atoms with E-state index in [9.17, 15) is 9.59 Å². The second-order valence-corrected chi connectivity index (χ2v) is 7.70. The van der Waals surface area contributed by atoms with Gasteiger partial charge in [0.05, 0.1) is 24.1 Å². The average Bonchev–Trinajstić information content (AvgIpc) is 3.36. The summed E-state index contributed by atoms with van der Waals surface area (Å²) in [5.74, 6) is 0.825. The van der Waals surface area contributed by atoms with Crippen LogP contribution in [-0.4, -0.2) is 40.8 Å². The number of nitrogens with one attached hydrogen (secondary N) is 1. The minimum Gasteiger partial charge on any atom is -0.467 e. The SMILES string of the molecule is C#C.CCc1cncc(C(=O)NC(=NCc2ccco2)SCC(=O)C2CCOCC2)c1. The Balaban J connectivity index is 0.00000166. The number of terminal acetylenes is 1. The molecule has 0 saturated carbocycles. The molecule has 1 amide bonds. The Labute approximate surface area is 187 Å². The molecule has 8 heteroatoms. The second kappa shape index (κ2) is 13.4. The molecule has 0 aliphatic carbocycles. The number of ketones is 1. The fourth-order valence-electron chi connectivity index (χ4n) is 2.92. The summed E-state index contributed by atoms with van der Waals surface area (Å²) < 4.78 is 10.6. The average molecular weight is 442 g/mol. The number of rotatable bonds is 7. The maximum absolute atomic E-state index is 12.7. The first-order chi connectivity index (χ1) is 15.2. The van der Waals surface area contributed by atoms with Crippen LogP contribution in [0.1, 0.15) is 41.4 Å². The van der Waals surface area contributed by atoms with Crippen LogP contribution in [0.5, 0.6) is 0 Å². The van der Waals surface area contributed by atoms with Crippen molar-refractivity contribution < 1.29 is 18.7 Å². The quantitative estimate of drug-likeness (QED) is 0.402. The molecule has 3 rings (SSSR count). The van der Waals surface area contributed by atoms with E-state index in [1.165, 1.54) is 18.0 Å². The molecule has 7 nitrogen and oxygen atoms in total. The number of nitrogens with zero attached hydrogens (tertiary/aromatic N) is 2. The van der Waals surface area contributed by atoms with E-state index >= 15 is 0 Å². The van der Waals surface area contributed by atoms with Gasteiger partial charge in [0.2, 0.25) is 0 Å². The number of Topliss-reactive ketones (excluding diaryl/α,β-unsaturated/α-hetero) is 1. The molecule has 0 atom stereocenters. The zero-order valence-corrected chi connectivity index (χ0v) is 18.4. The number of thioether (sulfide) groups is 1. The Kier molecular flexibility index (Phi) is 10.6. The lowest BCUT2D eigenvalue weighted by atomic mass is 9.96. The zero-order chi connectivity index (χ0) is 22.5. The third-order valence-electron chi connectivity index (χ3n) is 4.67. The van der Waals surface area contributed by atoms with Gasteiger partial charge in [-0.15, -0.1) is 12.8 Å². The van der Waals surface area contributed by atoms with E-state index in [0.29, 0.717) is 29.7 Å². The van der Waals surface area contributed by atoms with Gasteiger partial charge in [0.25, 0.3) is 5.91 Å². The highest BCUT2D eigenvalue weighted by Gasteiger charge is 2.22. The molecule has 1 N–H and O–H groups in total. The molecule has 164 valence electrons. The first-order valence-electron chi connectivity index (χ1n) is 10.0. The van der Waals surface area contributed by atoms with Crippen LogP contribution in [0.15, 0.2) is 46.3 Å². The number of ether oxygens (including phenoxy) is 1. The first kappa shape index (κ1) is 24.4. The predicted octanol–water partition coefficient (Wildman–Crippen LogP) is 3.50. The monoisotopic (exact) mass is 441 g/mol. The number of carbonyl (C=O) groups is 2. The van der Waals surface area contributed by atoms with Crippen molar-refractivity contribution in [2.45, 2.75) is 32.7 Å². The Bertz CT molecular complexity index is 887. The van der Waals surface area contributed by atoms with Gasteiger partial charge in [-0.2, -0.15) is 0 Å². The highest BCUT2D eigenvalue weighted by molar-refractivity contribution is 8.14. The molecular formula is C23H27N3O4S. The molecule has 2 aromatic heterocycles. The summed E-state index contributed by atoms with van der Waals surface area (Å²) in [7, 11) is 0. The highest BCUT2D eigenvalue weighted by atomic mass is 32.2. The summed E-state index contributed by atoms with van der Waals surface area (Å²) in [5.41, 5.74) is 1.44. The minimum absolute atomic E-state index is 0.0173. The highest BCUT2D eigenvalue weighted by Crippen LogP contribution is 2.19. The molecule has 1 aliphatic heterocycles. The molecule has 1 fully saturated rings. The van der Waals surface area contributed by atoms with Gasteiger partial charge in [0.1, 0.15) is 11.5 Å². The van der Waals surface area contributed by atoms with Crippen LogP contribution in [0.4, 0.5) is 0 Å². The van der Waals surface area contributed by atoms with Crippen molar-refractivity contribution in [3.8, 4) is 12.8 Å². The topological polar surface area (TPSA) is 93.8 Å². The fraction of sp³-hybridized carbons (Fsp3) is 0.391. The number of aliphatic imine (C=N–C) groups is 1. The van der Waals surface area contributed by atoms with Crippen LogP contribution in [0.3, 0.4) is 0 Å². The summed E-state index contributed by atoms with van der Waals surface area (Å²) in [4.78, 5) is 33.7. The molecular weight excluding hydrogens is 414 g/mol. The molecule has 31 heavy (non-hydrogen) atoms. The normalized spacial score (nSPS) is 14.4. The zero-order valence-electron chi connectivity index (χ0n) is 17.6. The van der Waals surface area contributed by atoms with Crippen LogP contribution in [0, 0.1) is 18.8 Å². The minimum atomic E-state index is -0.294. The Morgan fingerprint density at radius 2 is 2.06 bits per heavy atom. The maximum atomic E-state index is 12.7. The Hall–Kier alpha value is -2.89. The van der Waals surface area contributed by atoms with Crippen molar-refractivity contribution >= 4 is 28.6 Å². The van der Waals surface area contributed by atoms with Crippen molar-refractivity contribution in [2.24, 2.45) is 10.9 Å². The van der Waals surface area contributed by atoms with Crippen LogP contribution >= 0.6 is 11.8 Å². The van der Waals surface area contributed by atoms with Gasteiger partial charge < -0.3 is 14.5 Å². The summed E-state index contributed by atoms with van der Waals surface area (Å²) >= 11 is 1.24. The number of carbonyl (C=O) groups excluding carboxylic acids is 2. The molecule has 0 unspecified atom stereocenters. The second-order valence-electron chi connectivity index (χ2n) is 6.73. The van der Waals surface area contributed by atoms with Gasteiger partial charge >= 0.3 is 0 Å². The number of amidine groups is 1. The van der Waals surface area contributed by atoms with Gasteiger partial charge in [0.15, 0.2) is 5.17 Å². The number of pyridine rings is 1. The van der Waals surface area contributed by atoms with Gasteiger partial charge in [-0.25, -0.2) is 0 Å². The predicted molar refractivity (Wildman–Crippen MR) is 122 cm³/mol. The van der Waals surface area contributed by atoms with E-state index in [2.05, 4.69) is 28.1 Å². The standard InChI is InChI=1S/C21H25N3O4S.C2H2/c1-2-15-10-17(12-22-11-15)20(26)24-21(23-13-18-4-3-7-28-18)29-14-19(25)16-5-8-27-9-6-16;1-2/h3-4,7,10-12,16H,2,5-6,8-9,13-14H2,1H3,(H,23,24,26);1-2H. The van der Waals surface area contributed by atoms with E-state index in [4.69, 9.17) is 9.15 Å². The molecule has 2 aromatic rings. The summed E-state index contributed by atoms with van der Waals surface area (Å²) in [6.45, 7) is 3.54. The maximum Gasteiger partial charge on any atom is 0.258 e. The number of hydrogen-bond donors (Lipinski definition) is 1. The van der Waals surface area contributed by atoms with Crippen molar-refractivity contribution in [1.82, 2.24) is 10.3 Å². The number of hydrogen-bond acceptors (Lipinski definition) is 7. The third kappa shape index (κ3) is 8.04. The summed E-state index contributed by atoms with van der Waals surface area (Å²) in [6.07, 6.45) is 15.1. The third-order valence-corrected chi connectivity index (χ3v) is 5.61. The number of furan rings is 1. The largest absolute Gasteiger partial charge is 0.467 e. The first-order valence-corrected chi connectivity index (χ1v) is 11.0. The van der Waals surface area contributed by atoms with Crippen molar-refractivity contribution in [3.05, 3.63) is 53.7 Å². The van der Waals surface area contributed by atoms with Gasteiger partial charge in [0, 0.05) is 31.5 Å². The Morgan fingerprint density at radius 1 is 1.29 bits per heavy atom. The van der Waals surface area contributed by atoms with E-state index in [0.717, 1.165) is 24.8 Å². The van der Waals surface area contributed by atoms with Gasteiger partial charge in [-0.3, -0.25) is 19.6 Å². The molecule has 0 spiro atoms. The molecule has 0 radical (unpaired) electrons. The summed E-state index contributed by atoms with van der Waals surface area (Å²) in [6, 6.07) is 5.41. The number of aryl methyl sites for hydroxylation is 1. The molecule has 3 heterocycles. The van der Waals surface area contributed by atoms with Gasteiger partial charge in [-0.1, -0.05) is 18.7 Å². The fourth-order valence-corrected chi connectivity index (χ4v) is 3.76. The van der Waals surface area contributed by atoms with E-state index in [1.807, 2.05) is 19.1 Å². The lowest BCUT2D eigenvalue weighted by Gasteiger charge is -2.20. The van der Waals surface area contributed by atoms with Crippen LogP contribution in [0.25, 0.3) is 0 Å². The Morgan fingerprint density at radius 3 is 2.74 bits per heavy atom. The van der Waals surface area contributed by atoms with Crippen LogP contribution in [0.2, 0.25) is 0 Å². The lowest BCUT2D eigenvalue weighted by molar-refractivity contribution is -0.123. The molecule has 1 aliphatic rings. The van der Waals surface area contributed by atoms with E-state index in [1.54, 1.807) is 18.5 Å². The number of aromatic nitrogens is 1. The molecule has 1 saturated heterocycles. The van der Waals surface area contributed by atoms with Crippen molar-refractivity contribution in [1.29, 1.82) is 0 Å². The molecule has 0 aromatic carbocycles. The van der Waals surface area contributed by atoms with Crippen LogP contribution in [-0.2, 0) is 22.5 Å². The van der Waals surface area contributed by atoms with Crippen molar-refractivity contribution in [2.75, 3.05) is 19.0 Å². The van der Waals surface area contributed by atoms with E-state index in [-0.39, 0.29) is 29.9 Å². The lowest BCUT2D eigenvalue weighted by Crippen LogP contribution is -2.31. The van der Waals surface area contributed by atoms with Crippen molar-refractivity contribution in [3.63, 3.8) is 0 Å². The van der Waals surface area contributed by atoms with E-state index < -0.39 is 0 Å². The van der Waals surface area contributed by atoms with Crippen LogP contribution < -0.4 is 5.32 Å². The summed E-state index contributed by atoms with van der Waals surface area (Å²) in [5, 5.41) is 3.22. The van der Waals surface area contributed by atoms with Gasteiger partial charge in [-0.05, 0) is 43.0 Å². The molecule has 0 bridgehead atoms. The number of amides is 1.